The molecule has 33 heavy (non-hydrogen) atoms. The van der Waals surface area contributed by atoms with Gasteiger partial charge in [0.15, 0.2) is 11.5 Å². The number of benzene rings is 2. The van der Waals surface area contributed by atoms with Crippen molar-refractivity contribution in [2.24, 2.45) is 5.92 Å². The number of aromatic nitrogens is 2. The number of methoxy groups -OCH3 is 2. The van der Waals surface area contributed by atoms with Crippen molar-refractivity contribution in [3.63, 3.8) is 0 Å². The van der Waals surface area contributed by atoms with Crippen molar-refractivity contribution in [2.75, 3.05) is 32.2 Å². The Morgan fingerprint density at radius 1 is 1.12 bits per heavy atom. The number of nitrogens with one attached hydrogen (secondary N) is 1. The summed E-state index contributed by atoms with van der Waals surface area (Å²) in [5, 5.41) is 7.34. The van der Waals surface area contributed by atoms with Gasteiger partial charge in [-0.3, -0.25) is 9.59 Å². The van der Waals surface area contributed by atoms with Gasteiger partial charge >= 0.3 is 0 Å². The minimum atomic E-state index is -0.159. The highest BCUT2D eigenvalue weighted by molar-refractivity contribution is 5.80. The van der Waals surface area contributed by atoms with Gasteiger partial charge in [0.2, 0.25) is 5.91 Å². The molecule has 0 bridgehead atoms. The summed E-state index contributed by atoms with van der Waals surface area (Å²) >= 11 is 0. The highest BCUT2D eigenvalue weighted by atomic mass is 16.5. The van der Waals surface area contributed by atoms with Crippen LogP contribution < -0.4 is 25.2 Å². The lowest BCUT2D eigenvalue weighted by Crippen LogP contribution is -2.33. The second-order valence-corrected chi connectivity index (χ2v) is 8.00. The third-order valence-electron chi connectivity index (χ3n) is 5.89. The van der Waals surface area contributed by atoms with Crippen LogP contribution in [-0.4, -0.2) is 43.0 Å². The molecular formula is C25H28N4O4. The van der Waals surface area contributed by atoms with Crippen molar-refractivity contribution in [1.82, 2.24) is 15.1 Å². The average molecular weight is 449 g/mol. The molecule has 1 atom stereocenters. The molecule has 3 aromatic rings. The Morgan fingerprint density at radius 3 is 2.67 bits per heavy atom. The summed E-state index contributed by atoms with van der Waals surface area (Å²) < 4.78 is 12.2. The van der Waals surface area contributed by atoms with E-state index in [4.69, 9.17) is 9.47 Å². The SMILES string of the molecule is COc1cccc(CNC(=O)C2CCN(c3cnn(Cc4ccccc4)c(=O)c3)C2)c1OC. The standard InChI is InChI=1S/C25H28N4O4/c1-32-22-10-6-9-19(24(22)33-2)14-26-25(31)20-11-12-28(17-20)21-13-23(30)29(27-15-21)16-18-7-4-3-5-8-18/h3-10,13,15,20H,11-12,14,16-17H2,1-2H3,(H,26,31). The fourth-order valence-electron chi connectivity index (χ4n) is 4.10. The molecule has 0 radical (unpaired) electrons. The number of amides is 1. The van der Waals surface area contributed by atoms with Gasteiger partial charge in [0.05, 0.1) is 38.6 Å². The van der Waals surface area contributed by atoms with Gasteiger partial charge in [0, 0.05) is 31.3 Å². The van der Waals surface area contributed by atoms with E-state index in [0.29, 0.717) is 44.1 Å². The molecule has 0 aliphatic carbocycles. The van der Waals surface area contributed by atoms with Crippen molar-refractivity contribution >= 4 is 11.6 Å². The second-order valence-electron chi connectivity index (χ2n) is 8.00. The minimum Gasteiger partial charge on any atom is -0.493 e. The highest BCUT2D eigenvalue weighted by Gasteiger charge is 2.29. The molecule has 0 saturated carbocycles. The fraction of sp³-hybridized carbons (Fsp3) is 0.320. The van der Waals surface area contributed by atoms with Gasteiger partial charge in [0.25, 0.3) is 5.56 Å². The Kier molecular flexibility index (Phi) is 6.92. The maximum Gasteiger partial charge on any atom is 0.269 e. The van der Waals surface area contributed by atoms with E-state index in [1.807, 2.05) is 53.4 Å². The maximum atomic E-state index is 12.8. The molecule has 8 nitrogen and oxygen atoms in total. The van der Waals surface area contributed by atoms with Crippen LogP contribution in [0.25, 0.3) is 0 Å². The number of carbonyl (C=O) groups is 1. The first kappa shape index (κ1) is 22.4. The average Bonchev–Trinajstić information content (AvgIpc) is 3.34. The number of rotatable bonds is 8. The van der Waals surface area contributed by atoms with Crippen molar-refractivity contribution in [3.8, 4) is 11.5 Å². The van der Waals surface area contributed by atoms with Crippen molar-refractivity contribution < 1.29 is 14.3 Å². The third kappa shape index (κ3) is 5.16. The maximum absolute atomic E-state index is 12.8. The van der Waals surface area contributed by atoms with Gasteiger partial charge in [0.1, 0.15) is 0 Å². The van der Waals surface area contributed by atoms with E-state index in [1.54, 1.807) is 26.5 Å². The van der Waals surface area contributed by atoms with Crippen LogP contribution in [0.15, 0.2) is 65.6 Å². The van der Waals surface area contributed by atoms with Gasteiger partial charge in [-0.1, -0.05) is 42.5 Å². The number of para-hydroxylation sites is 1. The molecule has 1 aliphatic rings. The van der Waals surface area contributed by atoms with Gasteiger partial charge in [-0.05, 0) is 18.1 Å². The van der Waals surface area contributed by atoms with Crippen LogP contribution in [0, 0.1) is 5.92 Å². The summed E-state index contributed by atoms with van der Waals surface area (Å²) in [4.78, 5) is 27.4. The number of hydrogen-bond acceptors (Lipinski definition) is 6. The molecule has 1 amide bonds. The summed E-state index contributed by atoms with van der Waals surface area (Å²) in [6.45, 7) is 2.03. The molecule has 1 aliphatic heterocycles. The molecule has 1 N–H and O–H groups in total. The third-order valence-corrected chi connectivity index (χ3v) is 5.89. The summed E-state index contributed by atoms with van der Waals surface area (Å²) in [6.07, 6.45) is 2.42. The normalized spacial score (nSPS) is 15.3. The van der Waals surface area contributed by atoms with Crippen molar-refractivity contribution in [1.29, 1.82) is 0 Å². The first-order valence-corrected chi connectivity index (χ1v) is 10.9. The fourth-order valence-corrected chi connectivity index (χ4v) is 4.10. The molecule has 2 aromatic carbocycles. The van der Waals surface area contributed by atoms with E-state index in [1.165, 1.54) is 4.68 Å². The molecule has 1 aromatic heterocycles. The van der Waals surface area contributed by atoms with Crippen LogP contribution in [0.4, 0.5) is 5.69 Å². The van der Waals surface area contributed by atoms with Crippen molar-refractivity contribution in [2.45, 2.75) is 19.5 Å². The predicted octanol–water partition coefficient (Wildman–Crippen LogP) is 2.45. The lowest BCUT2D eigenvalue weighted by atomic mass is 10.1. The molecular weight excluding hydrogens is 420 g/mol. The van der Waals surface area contributed by atoms with Crippen LogP contribution in [0.2, 0.25) is 0 Å². The van der Waals surface area contributed by atoms with Crippen LogP contribution in [0.3, 0.4) is 0 Å². The smallest absolute Gasteiger partial charge is 0.269 e. The highest BCUT2D eigenvalue weighted by Crippen LogP contribution is 2.30. The van der Waals surface area contributed by atoms with E-state index >= 15 is 0 Å². The number of carbonyl (C=O) groups excluding carboxylic acids is 1. The van der Waals surface area contributed by atoms with E-state index < -0.39 is 0 Å². The first-order valence-electron chi connectivity index (χ1n) is 10.9. The van der Waals surface area contributed by atoms with Crippen LogP contribution in [0.5, 0.6) is 11.5 Å². The quantitative estimate of drug-likeness (QED) is 0.570. The molecule has 172 valence electrons. The molecule has 4 rings (SSSR count). The number of hydrogen-bond donors (Lipinski definition) is 1. The Bertz CT molecular complexity index is 1160. The van der Waals surface area contributed by atoms with Gasteiger partial charge in [-0.15, -0.1) is 0 Å². The van der Waals surface area contributed by atoms with Gasteiger partial charge < -0.3 is 19.7 Å². The Hall–Kier alpha value is -3.81. The number of nitrogens with zero attached hydrogens (tertiary/aromatic N) is 3. The van der Waals surface area contributed by atoms with Gasteiger partial charge in [-0.2, -0.15) is 5.10 Å². The van der Waals surface area contributed by atoms with Crippen molar-refractivity contribution in [3.05, 3.63) is 82.3 Å². The lowest BCUT2D eigenvalue weighted by Gasteiger charge is -2.19. The summed E-state index contributed by atoms with van der Waals surface area (Å²) in [5.74, 6) is 1.07. The van der Waals surface area contributed by atoms with E-state index in [2.05, 4.69) is 10.4 Å². The number of ether oxygens (including phenoxy) is 2. The van der Waals surface area contributed by atoms with E-state index in [0.717, 1.165) is 16.8 Å². The largest absolute Gasteiger partial charge is 0.493 e. The molecule has 1 fully saturated rings. The summed E-state index contributed by atoms with van der Waals surface area (Å²) in [7, 11) is 3.17. The molecule has 1 unspecified atom stereocenters. The molecule has 1 saturated heterocycles. The Morgan fingerprint density at radius 2 is 1.94 bits per heavy atom. The first-order chi connectivity index (χ1) is 16.1. The minimum absolute atomic E-state index is 0.0206. The molecule has 2 heterocycles. The predicted molar refractivity (Wildman–Crippen MR) is 126 cm³/mol. The van der Waals surface area contributed by atoms with Crippen LogP contribution >= 0.6 is 0 Å². The summed E-state index contributed by atoms with van der Waals surface area (Å²) in [6, 6.07) is 16.9. The van der Waals surface area contributed by atoms with Crippen LogP contribution in [0.1, 0.15) is 17.5 Å². The second kappa shape index (κ2) is 10.2. The Balaban J connectivity index is 1.36. The molecule has 8 heteroatoms. The van der Waals surface area contributed by atoms with E-state index in [-0.39, 0.29) is 17.4 Å². The lowest BCUT2D eigenvalue weighted by molar-refractivity contribution is -0.124. The van der Waals surface area contributed by atoms with E-state index in [9.17, 15) is 9.59 Å². The monoisotopic (exact) mass is 448 g/mol. The zero-order valence-corrected chi connectivity index (χ0v) is 18.9. The molecule has 0 spiro atoms. The number of anilines is 1. The van der Waals surface area contributed by atoms with Crippen LogP contribution in [-0.2, 0) is 17.9 Å². The summed E-state index contributed by atoms with van der Waals surface area (Å²) in [5.41, 5.74) is 2.46. The Labute approximate surface area is 192 Å². The topological polar surface area (TPSA) is 85.7 Å². The van der Waals surface area contributed by atoms with Gasteiger partial charge in [-0.25, -0.2) is 4.68 Å². The zero-order valence-electron chi connectivity index (χ0n) is 18.9. The zero-order chi connectivity index (χ0) is 23.2.